The summed E-state index contributed by atoms with van der Waals surface area (Å²) in [6.45, 7) is 6.27. The standard InChI is InChI=1S/C13H17ClN2O2S/c1-4-13(2,3)9-16-19(17,18)12-7-10(8-15)5-6-11(12)14/h5-7,16H,4,9H2,1-3H3. The first-order valence-corrected chi connectivity index (χ1v) is 7.77. The van der Waals surface area contributed by atoms with Crippen molar-refractivity contribution < 1.29 is 8.42 Å². The smallest absolute Gasteiger partial charge is 0.211 e. The fourth-order valence-corrected chi connectivity index (χ4v) is 3.04. The van der Waals surface area contributed by atoms with E-state index in [0.717, 1.165) is 6.42 Å². The molecule has 1 rings (SSSR count). The van der Waals surface area contributed by atoms with Crippen molar-refractivity contribution in [3.63, 3.8) is 0 Å². The lowest BCUT2D eigenvalue weighted by molar-refractivity contribution is 0.350. The van der Waals surface area contributed by atoms with E-state index in [2.05, 4.69) is 4.72 Å². The predicted molar refractivity (Wildman–Crippen MR) is 75.4 cm³/mol. The molecule has 1 aromatic rings. The minimum Gasteiger partial charge on any atom is -0.211 e. The van der Waals surface area contributed by atoms with Gasteiger partial charge in [0, 0.05) is 6.54 Å². The highest BCUT2D eigenvalue weighted by molar-refractivity contribution is 7.89. The van der Waals surface area contributed by atoms with Crippen molar-refractivity contribution in [2.24, 2.45) is 5.41 Å². The van der Waals surface area contributed by atoms with E-state index >= 15 is 0 Å². The summed E-state index contributed by atoms with van der Waals surface area (Å²) in [5, 5.41) is 8.92. The van der Waals surface area contributed by atoms with Gasteiger partial charge in [0.15, 0.2) is 0 Å². The molecule has 0 saturated heterocycles. The Balaban J connectivity index is 3.05. The van der Waals surface area contributed by atoms with E-state index in [-0.39, 0.29) is 20.9 Å². The molecule has 1 aromatic carbocycles. The van der Waals surface area contributed by atoms with Gasteiger partial charge in [-0.3, -0.25) is 0 Å². The zero-order chi connectivity index (χ0) is 14.7. The number of hydrogen-bond donors (Lipinski definition) is 1. The van der Waals surface area contributed by atoms with Gasteiger partial charge in [0.1, 0.15) is 4.90 Å². The van der Waals surface area contributed by atoms with Crippen molar-refractivity contribution in [1.29, 1.82) is 5.26 Å². The highest BCUT2D eigenvalue weighted by Gasteiger charge is 2.22. The lowest BCUT2D eigenvalue weighted by atomic mass is 9.91. The summed E-state index contributed by atoms with van der Waals surface area (Å²) in [7, 11) is -3.70. The second-order valence-corrected chi connectivity index (χ2v) is 7.24. The molecule has 0 saturated carbocycles. The molecule has 104 valence electrons. The maximum Gasteiger partial charge on any atom is 0.242 e. The van der Waals surface area contributed by atoms with Gasteiger partial charge in [-0.15, -0.1) is 0 Å². The Morgan fingerprint density at radius 3 is 2.58 bits per heavy atom. The molecule has 0 atom stereocenters. The molecule has 4 nitrogen and oxygen atoms in total. The first-order valence-electron chi connectivity index (χ1n) is 5.91. The number of nitrogens with zero attached hydrogens (tertiary/aromatic N) is 1. The van der Waals surface area contributed by atoms with Crippen LogP contribution in [0.2, 0.25) is 5.02 Å². The van der Waals surface area contributed by atoms with E-state index in [1.165, 1.54) is 18.2 Å². The van der Waals surface area contributed by atoms with Crippen LogP contribution in [0.15, 0.2) is 23.1 Å². The monoisotopic (exact) mass is 300 g/mol. The molecule has 0 aliphatic carbocycles. The number of rotatable bonds is 5. The number of benzene rings is 1. The van der Waals surface area contributed by atoms with Crippen molar-refractivity contribution >= 4 is 21.6 Å². The van der Waals surface area contributed by atoms with Crippen molar-refractivity contribution in [3.8, 4) is 6.07 Å². The van der Waals surface area contributed by atoms with Crippen molar-refractivity contribution in [2.75, 3.05) is 6.54 Å². The molecule has 0 amide bonds. The van der Waals surface area contributed by atoms with E-state index in [0.29, 0.717) is 6.54 Å². The summed E-state index contributed by atoms with van der Waals surface area (Å²) >= 11 is 5.89. The Morgan fingerprint density at radius 1 is 1.42 bits per heavy atom. The maximum atomic E-state index is 12.2. The Labute approximate surface area is 119 Å². The lowest BCUT2D eigenvalue weighted by Crippen LogP contribution is -2.33. The highest BCUT2D eigenvalue weighted by Crippen LogP contribution is 2.24. The molecule has 0 heterocycles. The number of halogens is 1. The normalized spacial score (nSPS) is 12.2. The molecule has 1 N–H and O–H groups in total. The topological polar surface area (TPSA) is 70.0 Å². The number of nitrogens with one attached hydrogen (secondary N) is 1. The predicted octanol–water partition coefficient (Wildman–Crippen LogP) is 2.93. The molecule has 0 aromatic heterocycles. The largest absolute Gasteiger partial charge is 0.242 e. The van der Waals surface area contributed by atoms with Crippen molar-refractivity contribution in [3.05, 3.63) is 28.8 Å². The van der Waals surface area contributed by atoms with Gasteiger partial charge in [-0.1, -0.05) is 32.4 Å². The highest BCUT2D eigenvalue weighted by atomic mass is 35.5. The summed E-state index contributed by atoms with van der Waals surface area (Å²) in [5.41, 5.74) is 0.131. The molecule has 0 radical (unpaired) electrons. The van der Waals surface area contributed by atoms with Crippen LogP contribution in [0.25, 0.3) is 0 Å². The van der Waals surface area contributed by atoms with Crippen LogP contribution in [0.4, 0.5) is 0 Å². The molecule has 0 bridgehead atoms. The van der Waals surface area contributed by atoms with Gasteiger partial charge in [-0.2, -0.15) is 5.26 Å². The molecular formula is C13H17ClN2O2S. The summed E-state index contributed by atoms with van der Waals surface area (Å²) in [4.78, 5) is -0.0554. The van der Waals surface area contributed by atoms with Crippen LogP contribution in [0.1, 0.15) is 32.8 Å². The maximum absolute atomic E-state index is 12.2. The first kappa shape index (κ1) is 16.0. The Morgan fingerprint density at radius 2 is 2.05 bits per heavy atom. The number of sulfonamides is 1. The molecule has 0 aliphatic heterocycles. The third-order valence-electron chi connectivity index (χ3n) is 3.05. The zero-order valence-corrected chi connectivity index (χ0v) is 12.8. The molecule has 0 fully saturated rings. The van der Waals surface area contributed by atoms with Gasteiger partial charge in [-0.05, 0) is 30.0 Å². The van der Waals surface area contributed by atoms with Crippen LogP contribution >= 0.6 is 11.6 Å². The van der Waals surface area contributed by atoms with Crippen molar-refractivity contribution in [2.45, 2.75) is 32.1 Å². The summed E-state index contributed by atoms with van der Waals surface area (Å²) in [6.07, 6.45) is 0.849. The summed E-state index contributed by atoms with van der Waals surface area (Å²) < 4.78 is 26.9. The molecule has 0 spiro atoms. The molecular weight excluding hydrogens is 284 g/mol. The van der Waals surface area contributed by atoms with Crippen molar-refractivity contribution in [1.82, 2.24) is 4.72 Å². The Kier molecular flexibility index (Phi) is 4.97. The summed E-state index contributed by atoms with van der Waals surface area (Å²) in [6, 6.07) is 6.08. The minimum absolute atomic E-state index is 0.0554. The fourth-order valence-electron chi connectivity index (χ4n) is 1.27. The molecule has 0 unspecified atom stereocenters. The average Bonchev–Trinajstić information content (AvgIpc) is 2.37. The van der Waals surface area contributed by atoms with Gasteiger partial charge in [0.25, 0.3) is 0 Å². The molecule has 0 aliphatic rings. The van der Waals surface area contributed by atoms with E-state index in [1.807, 2.05) is 26.8 Å². The lowest BCUT2D eigenvalue weighted by Gasteiger charge is -2.22. The third-order valence-corrected chi connectivity index (χ3v) is 4.93. The van der Waals surface area contributed by atoms with Gasteiger partial charge in [-0.25, -0.2) is 13.1 Å². The minimum atomic E-state index is -3.70. The fraction of sp³-hybridized carbons (Fsp3) is 0.462. The van der Waals surface area contributed by atoms with Gasteiger partial charge in [0.2, 0.25) is 10.0 Å². The Hall–Kier alpha value is -1.09. The van der Waals surface area contributed by atoms with Gasteiger partial charge in [0.05, 0.1) is 16.7 Å². The second-order valence-electron chi connectivity index (χ2n) is 5.10. The zero-order valence-electron chi connectivity index (χ0n) is 11.2. The number of nitriles is 1. The van der Waals surface area contributed by atoms with Gasteiger partial charge < -0.3 is 0 Å². The third kappa shape index (κ3) is 4.20. The van der Waals surface area contributed by atoms with Crippen LogP contribution < -0.4 is 4.72 Å². The van der Waals surface area contributed by atoms with Crippen LogP contribution in [0.3, 0.4) is 0 Å². The molecule has 19 heavy (non-hydrogen) atoms. The van der Waals surface area contributed by atoms with E-state index in [1.54, 1.807) is 0 Å². The van der Waals surface area contributed by atoms with E-state index < -0.39 is 10.0 Å². The molecule has 6 heteroatoms. The van der Waals surface area contributed by atoms with Gasteiger partial charge >= 0.3 is 0 Å². The average molecular weight is 301 g/mol. The quantitative estimate of drug-likeness (QED) is 0.909. The SMILES string of the molecule is CCC(C)(C)CNS(=O)(=O)c1cc(C#N)ccc1Cl. The van der Waals surface area contributed by atoms with Crippen LogP contribution in [-0.4, -0.2) is 15.0 Å². The first-order chi connectivity index (χ1) is 8.72. The summed E-state index contributed by atoms with van der Waals surface area (Å²) in [5.74, 6) is 0. The second kappa shape index (κ2) is 5.91. The van der Waals surface area contributed by atoms with E-state index in [4.69, 9.17) is 16.9 Å². The van der Waals surface area contributed by atoms with Crippen LogP contribution in [0.5, 0.6) is 0 Å². The Bertz CT molecular complexity index is 604. The van der Waals surface area contributed by atoms with Crippen LogP contribution in [-0.2, 0) is 10.0 Å². The number of hydrogen-bond acceptors (Lipinski definition) is 3. The van der Waals surface area contributed by atoms with E-state index in [9.17, 15) is 8.42 Å². The van der Waals surface area contributed by atoms with Crippen LogP contribution in [0, 0.1) is 16.7 Å².